The van der Waals surface area contributed by atoms with Crippen molar-refractivity contribution in [3.8, 4) is 0 Å². The summed E-state index contributed by atoms with van der Waals surface area (Å²) in [6.07, 6.45) is 25.7. The van der Waals surface area contributed by atoms with Crippen molar-refractivity contribution in [1.29, 1.82) is 0 Å². The van der Waals surface area contributed by atoms with Crippen molar-refractivity contribution in [2.45, 2.75) is 130 Å². The predicted octanol–water partition coefficient (Wildman–Crippen LogP) is 8.79. The molecule has 0 aromatic heterocycles. The Kier molecular flexibility index (Phi) is 10.6. The minimum atomic E-state index is 0.963. The van der Waals surface area contributed by atoms with Crippen LogP contribution in [0.3, 0.4) is 0 Å². The number of hydrogen-bond donors (Lipinski definition) is 0. The lowest BCUT2D eigenvalue weighted by Crippen LogP contribution is -2.10. The SMILES string of the molecule is CCC1CCCCC(CCCC2CCCC(C(C)CC)CC2)CCC1. The zero-order valence-electron chi connectivity index (χ0n) is 17.9. The van der Waals surface area contributed by atoms with Crippen molar-refractivity contribution in [1.82, 2.24) is 0 Å². The molecule has 5 atom stereocenters. The van der Waals surface area contributed by atoms with E-state index < -0.39 is 0 Å². The third-order valence-corrected chi connectivity index (χ3v) is 8.08. The van der Waals surface area contributed by atoms with E-state index in [9.17, 15) is 0 Å². The lowest BCUT2D eigenvalue weighted by Gasteiger charge is -2.21. The molecule has 5 unspecified atom stereocenters. The quantitative estimate of drug-likeness (QED) is 0.403. The molecule has 0 spiro atoms. The summed E-state index contributed by atoms with van der Waals surface area (Å²) in [7, 11) is 0. The first-order valence-corrected chi connectivity index (χ1v) is 12.2. The van der Waals surface area contributed by atoms with E-state index in [1.54, 1.807) is 12.8 Å². The van der Waals surface area contributed by atoms with Crippen molar-refractivity contribution < 1.29 is 0 Å². The minimum Gasteiger partial charge on any atom is -0.0651 e. The summed E-state index contributed by atoms with van der Waals surface area (Å²) in [5, 5.41) is 0. The van der Waals surface area contributed by atoms with E-state index in [2.05, 4.69) is 20.8 Å². The van der Waals surface area contributed by atoms with Gasteiger partial charge in [-0.25, -0.2) is 0 Å². The molecule has 0 heterocycles. The fraction of sp³-hybridized carbons (Fsp3) is 1.00. The molecule has 2 rings (SSSR count). The van der Waals surface area contributed by atoms with Crippen LogP contribution < -0.4 is 0 Å². The molecule has 2 saturated carbocycles. The second-order valence-corrected chi connectivity index (χ2v) is 9.81. The number of rotatable bonds is 7. The zero-order valence-corrected chi connectivity index (χ0v) is 17.9. The Morgan fingerprint density at radius 2 is 1.20 bits per heavy atom. The van der Waals surface area contributed by atoms with Crippen LogP contribution in [0, 0.1) is 29.6 Å². The first-order chi connectivity index (χ1) is 12.2. The molecule has 25 heavy (non-hydrogen) atoms. The lowest BCUT2D eigenvalue weighted by molar-refractivity contribution is 0.302. The van der Waals surface area contributed by atoms with Gasteiger partial charge in [-0.2, -0.15) is 0 Å². The van der Waals surface area contributed by atoms with Gasteiger partial charge in [0.2, 0.25) is 0 Å². The molecule has 0 aromatic rings. The van der Waals surface area contributed by atoms with E-state index >= 15 is 0 Å². The van der Waals surface area contributed by atoms with Crippen molar-refractivity contribution in [2.75, 3.05) is 0 Å². The summed E-state index contributed by atoms with van der Waals surface area (Å²) < 4.78 is 0. The summed E-state index contributed by atoms with van der Waals surface area (Å²) >= 11 is 0. The normalized spacial score (nSPS) is 33.7. The van der Waals surface area contributed by atoms with E-state index in [0.29, 0.717) is 0 Å². The van der Waals surface area contributed by atoms with Crippen LogP contribution in [0.2, 0.25) is 0 Å². The molecule has 2 aliphatic rings. The van der Waals surface area contributed by atoms with Crippen molar-refractivity contribution in [2.24, 2.45) is 29.6 Å². The van der Waals surface area contributed by atoms with Crippen LogP contribution in [-0.4, -0.2) is 0 Å². The van der Waals surface area contributed by atoms with Gasteiger partial charge in [0, 0.05) is 0 Å². The summed E-state index contributed by atoms with van der Waals surface area (Å²) in [6, 6.07) is 0. The minimum absolute atomic E-state index is 0.963. The summed E-state index contributed by atoms with van der Waals surface area (Å²) in [5.41, 5.74) is 0. The van der Waals surface area contributed by atoms with Crippen LogP contribution in [0.25, 0.3) is 0 Å². The molecule has 0 heteroatoms. The van der Waals surface area contributed by atoms with E-state index in [4.69, 9.17) is 0 Å². The maximum Gasteiger partial charge on any atom is -0.0388 e. The van der Waals surface area contributed by atoms with Crippen LogP contribution in [0.4, 0.5) is 0 Å². The van der Waals surface area contributed by atoms with Gasteiger partial charge in [-0.05, 0) is 36.0 Å². The van der Waals surface area contributed by atoms with Crippen LogP contribution in [-0.2, 0) is 0 Å². The monoisotopic (exact) mass is 348 g/mol. The average Bonchev–Trinajstić information content (AvgIpc) is 2.80. The molecule has 0 aromatic carbocycles. The van der Waals surface area contributed by atoms with Crippen LogP contribution >= 0.6 is 0 Å². The van der Waals surface area contributed by atoms with Gasteiger partial charge in [0.25, 0.3) is 0 Å². The molecule has 0 bridgehead atoms. The maximum atomic E-state index is 2.49. The number of hydrogen-bond acceptors (Lipinski definition) is 0. The molecule has 0 radical (unpaired) electrons. The summed E-state index contributed by atoms with van der Waals surface area (Å²) in [5.74, 6) is 5.17. The van der Waals surface area contributed by atoms with E-state index in [1.807, 2.05) is 0 Å². The van der Waals surface area contributed by atoms with E-state index in [-0.39, 0.29) is 0 Å². The van der Waals surface area contributed by atoms with Crippen LogP contribution in [0.15, 0.2) is 0 Å². The Hall–Kier alpha value is 0. The molecule has 0 N–H and O–H groups in total. The average molecular weight is 349 g/mol. The molecule has 148 valence electrons. The molecule has 0 aliphatic heterocycles. The fourth-order valence-electron chi connectivity index (χ4n) is 5.84. The topological polar surface area (TPSA) is 0 Å². The van der Waals surface area contributed by atoms with Gasteiger partial charge in [0.05, 0.1) is 0 Å². The van der Waals surface area contributed by atoms with E-state index in [0.717, 1.165) is 29.6 Å². The molecule has 0 nitrogen and oxygen atoms in total. The van der Waals surface area contributed by atoms with Crippen LogP contribution in [0.5, 0.6) is 0 Å². The summed E-state index contributed by atoms with van der Waals surface area (Å²) in [4.78, 5) is 0. The highest BCUT2D eigenvalue weighted by atomic mass is 14.3. The maximum absolute atomic E-state index is 2.49. The second-order valence-electron chi connectivity index (χ2n) is 9.81. The third-order valence-electron chi connectivity index (χ3n) is 8.08. The molecular weight excluding hydrogens is 300 g/mol. The first kappa shape index (κ1) is 21.3. The van der Waals surface area contributed by atoms with Crippen molar-refractivity contribution in [3.63, 3.8) is 0 Å². The third kappa shape index (κ3) is 8.04. The highest BCUT2D eigenvalue weighted by molar-refractivity contribution is 4.74. The second kappa shape index (κ2) is 12.4. The van der Waals surface area contributed by atoms with Gasteiger partial charge in [-0.1, -0.05) is 124 Å². The van der Waals surface area contributed by atoms with Gasteiger partial charge < -0.3 is 0 Å². The van der Waals surface area contributed by atoms with Crippen molar-refractivity contribution in [3.05, 3.63) is 0 Å². The van der Waals surface area contributed by atoms with E-state index in [1.165, 1.54) is 96.3 Å². The molecular formula is C25H48. The van der Waals surface area contributed by atoms with Gasteiger partial charge in [0.1, 0.15) is 0 Å². The Morgan fingerprint density at radius 3 is 1.88 bits per heavy atom. The smallest absolute Gasteiger partial charge is 0.0388 e. The Morgan fingerprint density at radius 1 is 0.640 bits per heavy atom. The zero-order chi connectivity index (χ0) is 17.9. The molecule has 2 fully saturated rings. The van der Waals surface area contributed by atoms with Gasteiger partial charge >= 0.3 is 0 Å². The van der Waals surface area contributed by atoms with Crippen molar-refractivity contribution >= 4 is 0 Å². The molecule has 0 saturated heterocycles. The molecule has 0 amide bonds. The van der Waals surface area contributed by atoms with Gasteiger partial charge in [-0.15, -0.1) is 0 Å². The highest BCUT2D eigenvalue weighted by Gasteiger charge is 2.22. The Bertz CT molecular complexity index is 320. The van der Waals surface area contributed by atoms with Gasteiger partial charge in [0.15, 0.2) is 0 Å². The van der Waals surface area contributed by atoms with Crippen LogP contribution in [0.1, 0.15) is 130 Å². The highest BCUT2D eigenvalue weighted by Crippen LogP contribution is 2.36. The Labute approximate surface area is 159 Å². The van der Waals surface area contributed by atoms with Gasteiger partial charge in [-0.3, -0.25) is 0 Å². The standard InChI is InChI=1S/C25H48/c1-4-21(3)25-18-10-17-24(19-20-25)16-9-15-23-12-7-6-11-22(5-2)13-8-14-23/h21-25H,4-20H2,1-3H3. The lowest BCUT2D eigenvalue weighted by atomic mass is 9.85. The fourth-order valence-corrected chi connectivity index (χ4v) is 5.84. The summed E-state index contributed by atoms with van der Waals surface area (Å²) in [6.45, 7) is 7.27. The first-order valence-electron chi connectivity index (χ1n) is 12.2. The largest absolute Gasteiger partial charge is 0.0651 e. The predicted molar refractivity (Wildman–Crippen MR) is 113 cm³/mol. The Balaban J connectivity index is 1.64. The molecule has 2 aliphatic carbocycles.